The Labute approximate surface area is 104 Å². The van der Waals surface area contributed by atoms with Crippen LogP contribution < -0.4 is 11.1 Å². The van der Waals surface area contributed by atoms with E-state index in [1.165, 1.54) is 12.1 Å². The van der Waals surface area contributed by atoms with Crippen molar-refractivity contribution in [3.63, 3.8) is 0 Å². The van der Waals surface area contributed by atoms with Crippen molar-refractivity contribution in [2.24, 2.45) is 5.73 Å². The van der Waals surface area contributed by atoms with Crippen molar-refractivity contribution in [1.29, 1.82) is 0 Å². The highest BCUT2D eigenvalue weighted by molar-refractivity contribution is 5.94. The van der Waals surface area contributed by atoms with Gasteiger partial charge in [-0.05, 0) is 37.3 Å². The van der Waals surface area contributed by atoms with Crippen molar-refractivity contribution in [3.8, 4) is 0 Å². The van der Waals surface area contributed by atoms with Crippen LogP contribution in [-0.4, -0.2) is 5.91 Å². The fourth-order valence-corrected chi connectivity index (χ4v) is 1.66. The minimum Gasteiger partial charge on any atom is -0.467 e. The van der Waals surface area contributed by atoms with Gasteiger partial charge in [-0.15, -0.1) is 0 Å². The molecule has 1 heterocycles. The first-order valence-corrected chi connectivity index (χ1v) is 5.47. The first kappa shape index (κ1) is 12.2. The summed E-state index contributed by atoms with van der Waals surface area (Å²) in [4.78, 5) is 11.0. The lowest BCUT2D eigenvalue weighted by molar-refractivity contribution is 0.0996. The van der Waals surface area contributed by atoms with Crippen molar-refractivity contribution >= 4 is 11.6 Å². The van der Waals surface area contributed by atoms with Gasteiger partial charge in [-0.2, -0.15) is 0 Å². The lowest BCUT2D eigenvalue weighted by Gasteiger charge is -2.13. The molecule has 5 heteroatoms. The standard InChI is InChI=1S/C13H13FN2O2/c1-8(12-3-2-6-18-12)16-9-4-5-11(14)10(7-9)13(15)17/h2-8,16H,1H3,(H2,15,17). The van der Waals surface area contributed by atoms with Crippen molar-refractivity contribution in [2.45, 2.75) is 13.0 Å². The molecule has 18 heavy (non-hydrogen) atoms. The van der Waals surface area contributed by atoms with Gasteiger partial charge in [0.2, 0.25) is 0 Å². The lowest BCUT2D eigenvalue weighted by atomic mass is 10.1. The molecule has 0 spiro atoms. The molecular formula is C13H13FN2O2. The van der Waals surface area contributed by atoms with E-state index < -0.39 is 11.7 Å². The van der Waals surface area contributed by atoms with E-state index in [2.05, 4.69) is 5.32 Å². The van der Waals surface area contributed by atoms with Crippen LogP contribution in [0.1, 0.15) is 29.1 Å². The Morgan fingerprint density at radius 3 is 2.83 bits per heavy atom. The maximum Gasteiger partial charge on any atom is 0.251 e. The number of primary amides is 1. The third-order valence-corrected chi connectivity index (χ3v) is 2.58. The van der Waals surface area contributed by atoms with Crippen LogP contribution in [0.2, 0.25) is 0 Å². The van der Waals surface area contributed by atoms with Gasteiger partial charge in [-0.1, -0.05) is 0 Å². The fraction of sp³-hybridized carbons (Fsp3) is 0.154. The third kappa shape index (κ3) is 2.51. The van der Waals surface area contributed by atoms with Gasteiger partial charge in [0.05, 0.1) is 17.9 Å². The first-order valence-electron chi connectivity index (χ1n) is 5.47. The van der Waals surface area contributed by atoms with Crippen molar-refractivity contribution in [3.05, 3.63) is 53.7 Å². The summed E-state index contributed by atoms with van der Waals surface area (Å²) in [6, 6.07) is 7.66. The summed E-state index contributed by atoms with van der Waals surface area (Å²) in [6.07, 6.45) is 1.58. The van der Waals surface area contributed by atoms with E-state index in [9.17, 15) is 9.18 Å². The number of hydrogen-bond donors (Lipinski definition) is 2. The first-order chi connectivity index (χ1) is 8.58. The number of carbonyl (C=O) groups excluding carboxylic acids is 1. The molecule has 3 N–H and O–H groups in total. The van der Waals surface area contributed by atoms with E-state index in [-0.39, 0.29) is 11.6 Å². The van der Waals surface area contributed by atoms with E-state index in [4.69, 9.17) is 10.2 Å². The minimum atomic E-state index is -0.790. The molecule has 0 radical (unpaired) electrons. The number of nitrogens with one attached hydrogen (secondary N) is 1. The summed E-state index contributed by atoms with van der Waals surface area (Å²) < 4.78 is 18.5. The predicted octanol–water partition coefficient (Wildman–Crippen LogP) is 2.69. The summed E-state index contributed by atoms with van der Waals surface area (Å²) in [7, 11) is 0. The molecule has 1 aromatic heterocycles. The zero-order valence-corrected chi connectivity index (χ0v) is 9.81. The van der Waals surface area contributed by atoms with Crippen LogP contribution >= 0.6 is 0 Å². The molecule has 0 saturated carbocycles. The average molecular weight is 248 g/mol. The van der Waals surface area contributed by atoms with E-state index in [1.807, 2.05) is 13.0 Å². The number of amides is 1. The summed E-state index contributed by atoms with van der Waals surface area (Å²) >= 11 is 0. The van der Waals surface area contributed by atoms with Crippen molar-refractivity contribution < 1.29 is 13.6 Å². The highest BCUT2D eigenvalue weighted by atomic mass is 19.1. The smallest absolute Gasteiger partial charge is 0.251 e. The predicted molar refractivity (Wildman–Crippen MR) is 65.7 cm³/mol. The number of anilines is 1. The van der Waals surface area contributed by atoms with E-state index >= 15 is 0 Å². The van der Waals surface area contributed by atoms with Crippen LogP contribution in [0.5, 0.6) is 0 Å². The monoisotopic (exact) mass is 248 g/mol. The molecular weight excluding hydrogens is 235 g/mol. The van der Waals surface area contributed by atoms with Crippen LogP contribution in [0.3, 0.4) is 0 Å². The fourth-order valence-electron chi connectivity index (χ4n) is 1.66. The molecule has 1 atom stereocenters. The molecule has 1 unspecified atom stereocenters. The number of furan rings is 1. The molecule has 2 rings (SSSR count). The number of halogens is 1. The van der Waals surface area contributed by atoms with E-state index in [1.54, 1.807) is 18.4 Å². The molecule has 4 nitrogen and oxygen atoms in total. The van der Waals surface area contributed by atoms with E-state index in [0.717, 1.165) is 5.76 Å². The minimum absolute atomic E-state index is 0.0915. The third-order valence-electron chi connectivity index (χ3n) is 2.58. The Morgan fingerprint density at radius 1 is 1.44 bits per heavy atom. The van der Waals surface area contributed by atoms with Gasteiger partial charge in [0.15, 0.2) is 0 Å². The van der Waals surface area contributed by atoms with Crippen molar-refractivity contribution in [2.75, 3.05) is 5.32 Å². The molecule has 0 bridgehead atoms. The Balaban J connectivity index is 2.20. The highest BCUT2D eigenvalue weighted by Gasteiger charge is 2.12. The molecule has 1 aromatic carbocycles. The molecule has 1 amide bonds. The van der Waals surface area contributed by atoms with Gasteiger partial charge in [-0.25, -0.2) is 4.39 Å². The van der Waals surface area contributed by atoms with Gasteiger partial charge in [-0.3, -0.25) is 4.79 Å². The van der Waals surface area contributed by atoms with Crippen LogP contribution in [0.25, 0.3) is 0 Å². The summed E-state index contributed by atoms with van der Waals surface area (Å²) in [5, 5.41) is 3.10. The Kier molecular flexibility index (Phi) is 3.32. The maximum absolute atomic E-state index is 13.3. The average Bonchev–Trinajstić information content (AvgIpc) is 2.85. The highest BCUT2D eigenvalue weighted by Crippen LogP contribution is 2.21. The van der Waals surface area contributed by atoms with Crippen molar-refractivity contribution in [1.82, 2.24) is 0 Å². The largest absolute Gasteiger partial charge is 0.467 e. The lowest BCUT2D eigenvalue weighted by Crippen LogP contribution is -2.14. The number of carbonyl (C=O) groups is 1. The molecule has 94 valence electrons. The maximum atomic E-state index is 13.3. The molecule has 0 aliphatic rings. The molecule has 0 saturated heterocycles. The molecule has 0 aliphatic heterocycles. The number of nitrogens with two attached hydrogens (primary N) is 1. The van der Waals surface area contributed by atoms with E-state index in [0.29, 0.717) is 5.69 Å². The quantitative estimate of drug-likeness (QED) is 0.874. The molecule has 2 aromatic rings. The number of benzene rings is 1. The van der Waals surface area contributed by atoms with Gasteiger partial charge >= 0.3 is 0 Å². The van der Waals surface area contributed by atoms with Crippen LogP contribution in [0.15, 0.2) is 41.0 Å². The van der Waals surface area contributed by atoms with Gasteiger partial charge < -0.3 is 15.5 Å². The topological polar surface area (TPSA) is 68.3 Å². The summed E-state index contributed by atoms with van der Waals surface area (Å²) in [5.74, 6) is -0.666. The zero-order chi connectivity index (χ0) is 13.1. The number of rotatable bonds is 4. The van der Waals surface area contributed by atoms with Gasteiger partial charge in [0.25, 0.3) is 5.91 Å². The van der Waals surface area contributed by atoms with Crippen LogP contribution in [-0.2, 0) is 0 Å². The molecule has 0 fully saturated rings. The van der Waals surface area contributed by atoms with Crippen LogP contribution in [0, 0.1) is 5.82 Å². The Hall–Kier alpha value is -2.30. The zero-order valence-electron chi connectivity index (χ0n) is 9.81. The summed E-state index contributed by atoms with van der Waals surface area (Å²) in [5.41, 5.74) is 5.56. The Morgan fingerprint density at radius 2 is 2.22 bits per heavy atom. The van der Waals surface area contributed by atoms with Gasteiger partial charge in [0.1, 0.15) is 11.6 Å². The van der Waals surface area contributed by atoms with Crippen LogP contribution in [0.4, 0.5) is 10.1 Å². The second-order valence-corrected chi connectivity index (χ2v) is 3.94. The SMILES string of the molecule is CC(Nc1ccc(F)c(C(N)=O)c1)c1ccco1. The van der Waals surface area contributed by atoms with Gasteiger partial charge in [0, 0.05) is 5.69 Å². The second kappa shape index (κ2) is 4.91. The Bertz CT molecular complexity index is 552. The number of hydrogen-bond acceptors (Lipinski definition) is 3. The summed E-state index contributed by atoms with van der Waals surface area (Å²) in [6.45, 7) is 1.89. The second-order valence-electron chi connectivity index (χ2n) is 3.94. The molecule has 0 aliphatic carbocycles. The normalized spacial score (nSPS) is 12.1.